The monoisotopic (exact) mass is 302 g/mol. The fraction of sp³-hybridized carbons (Fsp3) is 0.500. The van der Waals surface area contributed by atoms with E-state index in [0.717, 1.165) is 28.3 Å². The minimum absolute atomic E-state index is 0.544. The zero-order valence-corrected chi connectivity index (χ0v) is 11.7. The average Bonchev–Trinajstić information content (AvgIpc) is 2.27. The van der Waals surface area contributed by atoms with Gasteiger partial charge in [0.25, 0.3) is 0 Å². The summed E-state index contributed by atoms with van der Waals surface area (Å²) >= 11 is 9.61. The zero-order valence-electron chi connectivity index (χ0n) is 9.34. The van der Waals surface area contributed by atoms with E-state index >= 15 is 0 Å². The number of rotatable bonds is 2. The Morgan fingerprint density at radius 3 is 2.75 bits per heavy atom. The van der Waals surface area contributed by atoms with E-state index in [1.54, 1.807) is 0 Å². The standard InChI is InChI=1S/C12H16BrClN2/c1-16-6-4-10(5-7-16)15-12-8-9(13)2-3-11(12)14/h2-3,8,10,15H,4-7H2,1H3. The Morgan fingerprint density at radius 1 is 1.38 bits per heavy atom. The minimum atomic E-state index is 0.544. The van der Waals surface area contributed by atoms with E-state index in [4.69, 9.17) is 11.6 Å². The molecule has 0 aromatic heterocycles. The van der Waals surface area contributed by atoms with Crippen molar-refractivity contribution < 1.29 is 0 Å². The van der Waals surface area contributed by atoms with E-state index < -0.39 is 0 Å². The maximum Gasteiger partial charge on any atom is 0.0638 e. The van der Waals surface area contributed by atoms with Crippen molar-refractivity contribution in [2.75, 3.05) is 25.5 Å². The van der Waals surface area contributed by atoms with Gasteiger partial charge in [0.15, 0.2) is 0 Å². The van der Waals surface area contributed by atoms with Crippen LogP contribution in [0.2, 0.25) is 5.02 Å². The molecule has 0 bridgehead atoms. The van der Waals surface area contributed by atoms with Crippen molar-refractivity contribution in [3.8, 4) is 0 Å². The lowest BCUT2D eigenvalue weighted by Crippen LogP contribution is -2.36. The van der Waals surface area contributed by atoms with Crippen LogP contribution < -0.4 is 5.32 Å². The van der Waals surface area contributed by atoms with Gasteiger partial charge in [0.05, 0.1) is 10.7 Å². The summed E-state index contributed by atoms with van der Waals surface area (Å²) in [6, 6.07) is 6.47. The molecule has 0 aliphatic carbocycles. The normalized spacial score (nSPS) is 18.7. The third-order valence-electron chi connectivity index (χ3n) is 3.01. The van der Waals surface area contributed by atoms with Crippen LogP contribution in [0, 0.1) is 0 Å². The molecular formula is C12H16BrClN2. The Labute approximate surface area is 110 Å². The molecule has 1 saturated heterocycles. The Bertz CT molecular complexity index is 362. The summed E-state index contributed by atoms with van der Waals surface area (Å²) in [6.45, 7) is 2.31. The summed E-state index contributed by atoms with van der Waals surface area (Å²) in [4.78, 5) is 2.36. The number of halogens is 2. The average molecular weight is 304 g/mol. The molecule has 1 N–H and O–H groups in total. The van der Waals surface area contributed by atoms with Crippen molar-refractivity contribution in [3.63, 3.8) is 0 Å². The lowest BCUT2D eigenvalue weighted by atomic mass is 10.1. The molecule has 1 fully saturated rings. The second kappa shape index (κ2) is 5.39. The van der Waals surface area contributed by atoms with Crippen LogP contribution in [-0.4, -0.2) is 31.1 Å². The largest absolute Gasteiger partial charge is 0.381 e. The first kappa shape index (κ1) is 12.2. The molecule has 1 aromatic rings. The topological polar surface area (TPSA) is 15.3 Å². The Hall–Kier alpha value is -0.250. The van der Waals surface area contributed by atoms with Crippen LogP contribution in [0.25, 0.3) is 0 Å². The predicted molar refractivity (Wildman–Crippen MR) is 73.3 cm³/mol. The Morgan fingerprint density at radius 2 is 2.06 bits per heavy atom. The molecule has 0 unspecified atom stereocenters. The number of benzene rings is 1. The van der Waals surface area contributed by atoms with Gasteiger partial charge in [0.1, 0.15) is 0 Å². The number of anilines is 1. The van der Waals surface area contributed by atoms with Crippen LogP contribution >= 0.6 is 27.5 Å². The third kappa shape index (κ3) is 3.12. The lowest BCUT2D eigenvalue weighted by molar-refractivity contribution is 0.264. The Kier molecular flexibility index (Phi) is 4.11. The van der Waals surface area contributed by atoms with Crippen molar-refractivity contribution in [3.05, 3.63) is 27.7 Å². The van der Waals surface area contributed by atoms with Gasteiger partial charge in [0.2, 0.25) is 0 Å². The molecule has 2 rings (SSSR count). The highest BCUT2D eigenvalue weighted by Crippen LogP contribution is 2.27. The summed E-state index contributed by atoms with van der Waals surface area (Å²) in [7, 11) is 2.17. The van der Waals surface area contributed by atoms with E-state index in [-0.39, 0.29) is 0 Å². The maximum atomic E-state index is 6.15. The molecule has 88 valence electrons. The van der Waals surface area contributed by atoms with Crippen molar-refractivity contribution >= 4 is 33.2 Å². The molecule has 4 heteroatoms. The lowest BCUT2D eigenvalue weighted by Gasteiger charge is -2.30. The molecule has 16 heavy (non-hydrogen) atoms. The number of nitrogens with one attached hydrogen (secondary N) is 1. The van der Waals surface area contributed by atoms with Crippen molar-refractivity contribution in [2.24, 2.45) is 0 Å². The SMILES string of the molecule is CN1CCC(Nc2cc(Br)ccc2Cl)CC1. The van der Waals surface area contributed by atoms with Crippen LogP contribution in [0.1, 0.15) is 12.8 Å². The second-order valence-electron chi connectivity index (χ2n) is 4.35. The second-order valence-corrected chi connectivity index (χ2v) is 5.67. The van der Waals surface area contributed by atoms with Gasteiger partial charge in [-0.2, -0.15) is 0 Å². The van der Waals surface area contributed by atoms with Crippen LogP contribution in [0.4, 0.5) is 5.69 Å². The predicted octanol–water partition coefficient (Wildman–Crippen LogP) is 3.61. The van der Waals surface area contributed by atoms with Crippen LogP contribution in [0.3, 0.4) is 0 Å². The van der Waals surface area contributed by atoms with Crippen molar-refractivity contribution in [1.82, 2.24) is 4.90 Å². The molecule has 1 heterocycles. The fourth-order valence-electron chi connectivity index (χ4n) is 1.98. The molecule has 0 atom stereocenters. The summed E-state index contributed by atoms with van der Waals surface area (Å²) in [6.07, 6.45) is 2.36. The van der Waals surface area contributed by atoms with Gasteiger partial charge in [0, 0.05) is 10.5 Å². The van der Waals surface area contributed by atoms with Gasteiger partial charge >= 0.3 is 0 Å². The molecule has 1 aliphatic heterocycles. The van der Waals surface area contributed by atoms with E-state index in [1.807, 2.05) is 18.2 Å². The summed E-state index contributed by atoms with van der Waals surface area (Å²) in [5, 5.41) is 4.32. The van der Waals surface area contributed by atoms with Gasteiger partial charge in [-0.15, -0.1) is 0 Å². The first-order valence-corrected chi connectivity index (χ1v) is 6.72. The van der Waals surface area contributed by atoms with E-state index in [9.17, 15) is 0 Å². The van der Waals surface area contributed by atoms with Gasteiger partial charge in [-0.25, -0.2) is 0 Å². The minimum Gasteiger partial charge on any atom is -0.381 e. The van der Waals surface area contributed by atoms with Crippen LogP contribution in [0.15, 0.2) is 22.7 Å². The highest BCUT2D eigenvalue weighted by atomic mass is 79.9. The molecule has 2 nitrogen and oxygen atoms in total. The highest BCUT2D eigenvalue weighted by molar-refractivity contribution is 9.10. The van der Waals surface area contributed by atoms with Gasteiger partial charge in [-0.3, -0.25) is 0 Å². The van der Waals surface area contributed by atoms with Crippen LogP contribution in [0.5, 0.6) is 0 Å². The molecule has 0 spiro atoms. The van der Waals surface area contributed by atoms with Crippen LogP contribution in [-0.2, 0) is 0 Å². The van der Waals surface area contributed by atoms with Crippen molar-refractivity contribution in [1.29, 1.82) is 0 Å². The molecule has 0 saturated carbocycles. The number of hydrogen-bond donors (Lipinski definition) is 1. The van der Waals surface area contributed by atoms with Gasteiger partial charge in [-0.1, -0.05) is 27.5 Å². The molecule has 1 aliphatic rings. The third-order valence-corrected chi connectivity index (χ3v) is 3.83. The first-order valence-electron chi connectivity index (χ1n) is 5.55. The summed E-state index contributed by atoms with van der Waals surface area (Å²) in [5.74, 6) is 0. The summed E-state index contributed by atoms with van der Waals surface area (Å²) < 4.78 is 1.06. The van der Waals surface area contributed by atoms with Crippen molar-refractivity contribution in [2.45, 2.75) is 18.9 Å². The zero-order chi connectivity index (χ0) is 11.5. The number of nitrogens with zero attached hydrogens (tertiary/aromatic N) is 1. The maximum absolute atomic E-state index is 6.15. The summed E-state index contributed by atoms with van der Waals surface area (Å²) in [5.41, 5.74) is 1.03. The molecule has 0 radical (unpaired) electrons. The number of piperidine rings is 1. The van der Waals surface area contributed by atoms with Gasteiger partial charge in [-0.05, 0) is 51.2 Å². The molecular weight excluding hydrogens is 288 g/mol. The Balaban J connectivity index is 2.00. The molecule has 0 amide bonds. The van der Waals surface area contributed by atoms with E-state index in [1.165, 1.54) is 12.8 Å². The number of likely N-dealkylation sites (tertiary alicyclic amines) is 1. The fourth-order valence-corrected chi connectivity index (χ4v) is 2.51. The van der Waals surface area contributed by atoms with Gasteiger partial charge < -0.3 is 10.2 Å². The smallest absolute Gasteiger partial charge is 0.0638 e. The van der Waals surface area contributed by atoms with E-state index in [0.29, 0.717) is 6.04 Å². The quantitative estimate of drug-likeness (QED) is 0.898. The van der Waals surface area contributed by atoms with E-state index in [2.05, 4.69) is 33.2 Å². The first-order chi connectivity index (χ1) is 7.65. The molecule has 1 aromatic carbocycles. The number of hydrogen-bond acceptors (Lipinski definition) is 2. The highest BCUT2D eigenvalue weighted by Gasteiger charge is 2.17.